The van der Waals surface area contributed by atoms with E-state index < -0.39 is 11.5 Å². The highest BCUT2D eigenvalue weighted by Gasteiger charge is 2.36. The Balaban J connectivity index is 2.12. The molecular weight excluding hydrogens is 258 g/mol. The number of hydrogen-bond donors (Lipinski definition) is 3. The summed E-state index contributed by atoms with van der Waals surface area (Å²) < 4.78 is 0. The van der Waals surface area contributed by atoms with Crippen LogP contribution in [0.2, 0.25) is 0 Å². The van der Waals surface area contributed by atoms with Gasteiger partial charge in [-0.25, -0.2) is 4.98 Å². The van der Waals surface area contributed by atoms with Gasteiger partial charge in [-0.15, -0.1) is 0 Å². The fourth-order valence-electron chi connectivity index (χ4n) is 2.71. The Morgan fingerprint density at radius 3 is 2.55 bits per heavy atom. The lowest BCUT2D eigenvalue weighted by Gasteiger charge is -2.36. The van der Waals surface area contributed by atoms with Gasteiger partial charge in [0.1, 0.15) is 5.69 Å². The maximum atomic E-state index is 12.2. The maximum Gasteiger partial charge on any atom is 0.305 e. The zero-order valence-electron chi connectivity index (χ0n) is 11.3. The van der Waals surface area contributed by atoms with Crippen LogP contribution in [-0.2, 0) is 4.79 Å². The predicted molar refractivity (Wildman–Crippen MR) is 74.2 cm³/mol. The molecule has 6 heteroatoms. The SMILES string of the molecule is Nc1ccc(C(=O)NC2(CC(=O)O)CCCCC2)nc1. The number of anilines is 1. The lowest BCUT2D eigenvalue weighted by Crippen LogP contribution is -2.51. The van der Waals surface area contributed by atoms with Gasteiger partial charge in [0.2, 0.25) is 0 Å². The Morgan fingerprint density at radius 1 is 1.30 bits per heavy atom. The molecule has 108 valence electrons. The predicted octanol–water partition coefficient (Wildman–Crippen LogP) is 1.57. The van der Waals surface area contributed by atoms with Crippen molar-refractivity contribution < 1.29 is 14.7 Å². The fraction of sp³-hybridized carbons (Fsp3) is 0.500. The second-order valence-corrected chi connectivity index (χ2v) is 5.34. The summed E-state index contributed by atoms with van der Waals surface area (Å²) in [5, 5.41) is 11.9. The number of hydrogen-bond acceptors (Lipinski definition) is 4. The minimum Gasteiger partial charge on any atom is -0.481 e. The normalized spacial score (nSPS) is 17.4. The number of aliphatic carboxylic acids is 1. The third-order valence-corrected chi connectivity index (χ3v) is 3.70. The van der Waals surface area contributed by atoms with Crippen LogP contribution in [-0.4, -0.2) is 27.5 Å². The molecule has 0 radical (unpaired) electrons. The van der Waals surface area contributed by atoms with Crippen molar-refractivity contribution in [3.8, 4) is 0 Å². The highest BCUT2D eigenvalue weighted by atomic mass is 16.4. The number of carbonyl (C=O) groups excluding carboxylic acids is 1. The first-order chi connectivity index (χ1) is 9.51. The van der Waals surface area contributed by atoms with E-state index in [0.29, 0.717) is 18.5 Å². The smallest absolute Gasteiger partial charge is 0.305 e. The van der Waals surface area contributed by atoms with Gasteiger partial charge < -0.3 is 16.2 Å². The number of nitrogen functional groups attached to an aromatic ring is 1. The molecular formula is C14H19N3O3. The molecule has 1 aromatic heterocycles. The number of nitrogens with zero attached hydrogens (tertiary/aromatic N) is 1. The quantitative estimate of drug-likeness (QED) is 0.774. The van der Waals surface area contributed by atoms with Crippen LogP contribution in [0.3, 0.4) is 0 Å². The number of aromatic nitrogens is 1. The zero-order valence-corrected chi connectivity index (χ0v) is 11.3. The second-order valence-electron chi connectivity index (χ2n) is 5.34. The van der Waals surface area contributed by atoms with Gasteiger partial charge in [-0.05, 0) is 25.0 Å². The monoisotopic (exact) mass is 277 g/mol. The maximum absolute atomic E-state index is 12.2. The standard InChI is InChI=1S/C14H19N3O3/c15-10-4-5-11(16-9-10)13(20)17-14(8-12(18)19)6-2-1-3-7-14/h4-5,9H,1-3,6-8,15H2,(H,17,20)(H,18,19). The van der Waals surface area contributed by atoms with Crippen molar-refractivity contribution in [2.45, 2.75) is 44.1 Å². The molecule has 0 unspecified atom stereocenters. The number of carboxylic acid groups (broad SMARTS) is 1. The summed E-state index contributed by atoms with van der Waals surface area (Å²) in [6.45, 7) is 0. The second kappa shape index (κ2) is 5.90. The third-order valence-electron chi connectivity index (χ3n) is 3.70. The number of nitrogens with one attached hydrogen (secondary N) is 1. The molecule has 0 saturated heterocycles. The van der Waals surface area contributed by atoms with Crippen LogP contribution in [0.5, 0.6) is 0 Å². The first-order valence-corrected chi connectivity index (χ1v) is 6.77. The molecule has 1 aliphatic rings. The van der Waals surface area contributed by atoms with Gasteiger partial charge in [0.05, 0.1) is 23.8 Å². The van der Waals surface area contributed by atoms with E-state index in [0.717, 1.165) is 19.3 Å². The van der Waals surface area contributed by atoms with Gasteiger partial charge in [0.25, 0.3) is 5.91 Å². The first-order valence-electron chi connectivity index (χ1n) is 6.77. The summed E-state index contributed by atoms with van der Waals surface area (Å²) in [4.78, 5) is 27.2. The van der Waals surface area contributed by atoms with Gasteiger partial charge in [0, 0.05) is 0 Å². The van der Waals surface area contributed by atoms with E-state index >= 15 is 0 Å². The van der Waals surface area contributed by atoms with E-state index in [1.54, 1.807) is 12.1 Å². The summed E-state index contributed by atoms with van der Waals surface area (Å²) in [5.74, 6) is -1.23. The lowest BCUT2D eigenvalue weighted by molar-refractivity contribution is -0.139. The van der Waals surface area contributed by atoms with Gasteiger partial charge >= 0.3 is 5.97 Å². The highest BCUT2D eigenvalue weighted by molar-refractivity contribution is 5.93. The average Bonchev–Trinajstić information content (AvgIpc) is 2.39. The number of carbonyl (C=O) groups is 2. The fourth-order valence-corrected chi connectivity index (χ4v) is 2.71. The molecule has 2 rings (SSSR count). The highest BCUT2D eigenvalue weighted by Crippen LogP contribution is 2.31. The molecule has 1 saturated carbocycles. The van der Waals surface area contributed by atoms with E-state index in [-0.39, 0.29) is 18.0 Å². The summed E-state index contributed by atoms with van der Waals surface area (Å²) >= 11 is 0. The Labute approximate surface area is 117 Å². The summed E-state index contributed by atoms with van der Waals surface area (Å²) in [6.07, 6.45) is 5.70. The van der Waals surface area contributed by atoms with Gasteiger partial charge in [-0.1, -0.05) is 19.3 Å². The van der Waals surface area contributed by atoms with Crippen LogP contribution in [0.25, 0.3) is 0 Å². The lowest BCUT2D eigenvalue weighted by atomic mass is 9.79. The van der Waals surface area contributed by atoms with Crippen LogP contribution in [0.1, 0.15) is 49.0 Å². The Kier molecular flexibility index (Phi) is 4.22. The Hall–Kier alpha value is -2.11. The number of carboxylic acids is 1. The molecule has 0 spiro atoms. The van der Waals surface area contributed by atoms with E-state index in [9.17, 15) is 9.59 Å². The van der Waals surface area contributed by atoms with Crippen molar-refractivity contribution in [3.63, 3.8) is 0 Å². The van der Waals surface area contributed by atoms with E-state index in [1.807, 2.05) is 0 Å². The third kappa shape index (κ3) is 3.46. The Morgan fingerprint density at radius 2 is 2.00 bits per heavy atom. The first kappa shape index (κ1) is 14.3. The number of pyridine rings is 1. The number of amides is 1. The topological polar surface area (TPSA) is 105 Å². The average molecular weight is 277 g/mol. The van der Waals surface area contributed by atoms with Gasteiger partial charge in [0.15, 0.2) is 0 Å². The molecule has 0 atom stereocenters. The molecule has 0 bridgehead atoms. The Bertz CT molecular complexity index is 493. The number of nitrogens with two attached hydrogens (primary N) is 1. The van der Waals surface area contributed by atoms with Gasteiger partial charge in [-0.3, -0.25) is 9.59 Å². The molecule has 6 nitrogen and oxygen atoms in total. The van der Waals surface area contributed by atoms with Crippen LogP contribution in [0, 0.1) is 0 Å². The van der Waals surface area contributed by atoms with Crippen LogP contribution < -0.4 is 11.1 Å². The van der Waals surface area contributed by atoms with Crippen molar-refractivity contribution in [2.24, 2.45) is 0 Å². The zero-order chi connectivity index (χ0) is 14.6. The van der Waals surface area contributed by atoms with Gasteiger partial charge in [-0.2, -0.15) is 0 Å². The van der Waals surface area contributed by atoms with Crippen LogP contribution in [0.4, 0.5) is 5.69 Å². The number of rotatable bonds is 4. The largest absolute Gasteiger partial charge is 0.481 e. The summed E-state index contributed by atoms with van der Waals surface area (Å²) in [6, 6.07) is 3.15. The molecule has 0 aromatic carbocycles. The molecule has 1 fully saturated rings. The molecule has 0 aliphatic heterocycles. The molecule has 1 aromatic rings. The van der Waals surface area contributed by atoms with E-state index in [4.69, 9.17) is 10.8 Å². The van der Waals surface area contributed by atoms with E-state index in [1.165, 1.54) is 6.20 Å². The molecule has 1 heterocycles. The molecule has 4 N–H and O–H groups in total. The van der Waals surface area contributed by atoms with Crippen molar-refractivity contribution >= 4 is 17.6 Å². The molecule has 20 heavy (non-hydrogen) atoms. The minimum absolute atomic E-state index is 0.0479. The molecule has 1 aliphatic carbocycles. The van der Waals surface area contributed by atoms with Crippen molar-refractivity contribution in [1.82, 2.24) is 10.3 Å². The van der Waals surface area contributed by atoms with Crippen molar-refractivity contribution in [1.29, 1.82) is 0 Å². The minimum atomic E-state index is -0.891. The van der Waals surface area contributed by atoms with Crippen molar-refractivity contribution in [3.05, 3.63) is 24.0 Å². The van der Waals surface area contributed by atoms with E-state index in [2.05, 4.69) is 10.3 Å². The summed E-state index contributed by atoms with van der Waals surface area (Å²) in [7, 11) is 0. The summed E-state index contributed by atoms with van der Waals surface area (Å²) in [5.41, 5.74) is 5.63. The van der Waals surface area contributed by atoms with Crippen LogP contribution >= 0.6 is 0 Å². The van der Waals surface area contributed by atoms with Crippen molar-refractivity contribution in [2.75, 3.05) is 5.73 Å². The van der Waals surface area contributed by atoms with Crippen LogP contribution in [0.15, 0.2) is 18.3 Å². The molecule has 1 amide bonds.